The van der Waals surface area contributed by atoms with Gasteiger partial charge in [-0.05, 0) is 0 Å². The number of rotatable bonds is 1. The molecule has 1 amide bonds. The van der Waals surface area contributed by atoms with Crippen LogP contribution in [0.25, 0.3) is 0 Å². The highest BCUT2D eigenvalue weighted by Gasteiger charge is 1.99. The maximum Gasteiger partial charge on any atom is 0.422 e. The topological polar surface area (TPSA) is 92.6 Å². The minimum Gasteiger partial charge on any atom is -0.464 e. The van der Waals surface area contributed by atoms with Crippen LogP contribution in [0, 0.1) is 0 Å². The molecule has 0 aliphatic heterocycles. The molecule has 0 aromatic carbocycles. The third kappa shape index (κ3) is 1.96. The lowest BCUT2D eigenvalue weighted by molar-refractivity contribution is 0.147. The summed E-state index contributed by atoms with van der Waals surface area (Å²) >= 11 is 0. The fraction of sp³-hybridized carbons (Fsp3) is 0.500. The molecule has 0 aromatic heterocycles. The molecule has 0 saturated carbocycles. The molecule has 7 heavy (non-hydrogen) atoms. The molecule has 0 unspecified atom stereocenters. The molecule has 0 atom stereocenters. The van der Waals surface area contributed by atoms with Crippen molar-refractivity contribution in [3.05, 3.63) is 0 Å². The summed E-state index contributed by atoms with van der Waals surface area (Å²) in [4.78, 5) is 9.65. The number of carbonyl (C=O) groups is 1. The zero-order chi connectivity index (χ0) is 5.86. The van der Waals surface area contributed by atoms with Gasteiger partial charge in [0, 0.05) is 0 Å². The van der Waals surface area contributed by atoms with E-state index in [1.807, 2.05) is 0 Å². The summed E-state index contributed by atoms with van der Waals surface area (Å²) in [7, 11) is 0. The standard InChI is InChI=1S/C2H7N3O2/c3-1-5(4)2(6)7/h1,3-4H2,(H,6,7). The van der Waals surface area contributed by atoms with Crippen LogP contribution >= 0.6 is 0 Å². The lowest BCUT2D eigenvalue weighted by Crippen LogP contribution is -2.40. The fourth-order valence-electron chi connectivity index (χ4n) is 0.0781. The van der Waals surface area contributed by atoms with Crippen molar-refractivity contribution in [2.24, 2.45) is 11.6 Å². The zero-order valence-electron chi connectivity index (χ0n) is 3.66. The third-order valence-corrected chi connectivity index (χ3v) is 0.442. The number of nitrogens with zero attached hydrogens (tertiary/aromatic N) is 1. The molecule has 5 heteroatoms. The van der Waals surface area contributed by atoms with E-state index in [1.165, 1.54) is 0 Å². The molecule has 0 rings (SSSR count). The van der Waals surface area contributed by atoms with Crippen LogP contribution in [0.15, 0.2) is 0 Å². The summed E-state index contributed by atoms with van der Waals surface area (Å²) in [5.41, 5.74) is 4.79. The van der Waals surface area contributed by atoms with Crippen molar-refractivity contribution in [2.75, 3.05) is 6.67 Å². The van der Waals surface area contributed by atoms with Crippen molar-refractivity contribution >= 4 is 6.09 Å². The molecule has 0 radical (unpaired) electrons. The monoisotopic (exact) mass is 105 g/mol. The highest BCUT2D eigenvalue weighted by Crippen LogP contribution is 1.68. The number of hydrogen-bond acceptors (Lipinski definition) is 3. The van der Waals surface area contributed by atoms with Crippen LogP contribution in [-0.4, -0.2) is 22.9 Å². The first-order valence-corrected chi connectivity index (χ1v) is 1.63. The van der Waals surface area contributed by atoms with Crippen molar-refractivity contribution in [2.45, 2.75) is 0 Å². The number of amides is 1. The van der Waals surface area contributed by atoms with E-state index in [1.54, 1.807) is 0 Å². The maximum atomic E-state index is 9.65. The second-order valence-corrected chi connectivity index (χ2v) is 0.935. The number of nitrogens with two attached hydrogens (primary N) is 2. The maximum absolute atomic E-state index is 9.65. The Kier molecular flexibility index (Phi) is 2.10. The van der Waals surface area contributed by atoms with E-state index in [4.69, 9.17) is 16.7 Å². The van der Waals surface area contributed by atoms with Gasteiger partial charge in [0.1, 0.15) is 0 Å². The van der Waals surface area contributed by atoms with E-state index in [9.17, 15) is 4.79 Å². The van der Waals surface area contributed by atoms with Gasteiger partial charge in [-0.3, -0.25) is 0 Å². The first kappa shape index (κ1) is 6.19. The van der Waals surface area contributed by atoms with Gasteiger partial charge < -0.3 is 10.8 Å². The molecule has 0 fully saturated rings. The van der Waals surface area contributed by atoms with Gasteiger partial charge in [-0.25, -0.2) is 15.6 Å². The Morgan fingerprint density at radius 3 is 2.29 bits per heavy atom. The highest BCUT2D eigenvalue weighted by molar-refractivity contribution is 5.63. The molecule has 0 saturated heterocycles. The first-order valence-electron chi connectivity index (χ1n) is 1.63. The lowest BCUT2D eigenvalue weighted by Gasteiger charge is -2.05. The molecule has 0 aliphatic carbocycles. The average molecular weight is 105 g/mol. The minimum atomic E-state index is -1.22. The molecule has 5 N–H and O–H groups in total. The molecule has 5 nitrogen and oxygen atoms in total. The lowest BCUT2D eigenvalue weighted by atomic mass is 11.0. The SMILES string of the molecule is NCN(N)C(=O)O. The van der Waals surface area contributed by atoms with Gasteiger partial charge in [0.25, 0.3) is 0 Å². The summed E-state index contributed by atoms with van der Waals surface area (Å²) in [5, 5.41) is 8.39. The van der Waals surface area contributed by atoms with Gasteiger partial charge in [-0.1, -0.05) is 0 Å². The summed E-state index contributed by atoms with van der Waals surface area (Å²) in [5.74, 6) is 4.72. The van der Waals surface area contributed by atoms with Gasteiger partial charge in [-0.15, -0.1) is 0 Å². The van der Waals surface area contributed by atoms with Crippen molar-refractivity contribution < 1.29 is 9.90 Å². The fourth-order valence-corrected chi connectivity index (χ4v) is 0.0781. The Balaban J connectivity index is 3.34. The van der Waals surface area contributed by atoms with Gasteiger partial charge in [0.15, 0.2) is 0 Å². The normalized spacial score (nSPS) is 8.29. The van der Waals surface area contributed by atoms with Gasteiger partial charge in [-0.2, -0.15) is 0 Å². The smallest absolute Gasteiger partial charge is 0.422 e. The highest BCUT2D eigenvalue weighted by atomic mass is 16.4. The van der Waals surface area contributed by atoms with E-state index < -0.39 is 6.09 Å². The molecular formula is C2H7N3O2. The Morgan fingerprint density at radius 2 is 2.29 bits per heavy atom. The van der Waals surface area contributed by atoms with Gasteiger partial charge >= 0.3 is 6.09 Å². The third-order valence-electron chi connectivity index (χ3n) is 0.442. The van der Waals surface area contributed by atoms with Crippen LogP contribution in [0.1, 0.15) is 0 Å². The van der Waals surface area contributed by atoms with Crippen LogP contribution in [0.4, 0.5) is 4.79 Å². The second kappa shape index (κ2) is 2.38. The van der Waals surface area contributed by atoms with Crippen molar-refractivity contribution in [1.82, 2.24) is 5.01 Å². The summed E-state index contributed by atoms with van der Waals surface area (Å²) in [6, 6.07) is 0. The van der Waals surface area contributed by atoms with Crippen LogP contribution in [0.2, 0.25) is 0 Å². The molecule has 0 bridgehead atoms. The van der Waals surface area contributed by atoms with Crippen molar-refractivity contribution in [3.8, 4) is 0 Å². The zero-order valence-corrected chi connectivity index (χ0v) is 3.66. The first-order chi connectivity index (χ1) is 3.18. The molecule has 0 aliphatic rings. The predicted molar refractivity (Wildman–Crippen MR) is 23.1 cm³/mol. The molecule has 0 spiro atoms. The molecular weight excluding hydrogens is 98.0 g/mol. The Bertz CT molecular complexity index is 73.3. The number of hydrazine groups is 1. The summed E-state index contributed by atoms with van der Waals surface area (Å²) < 4.78 is 0. The predicted octanol–water partition coefficient (Wildman–Crippen LogP) is -1.24. The van der Waals surface area contributed by atoms with Crippen LogP contribution in [0.5, 0.6) is 0 Å². The average Bonchev–Trinajstić information content (AvgIpc) is 1.65. The molecule has 0 heterocycles. The Hall–Kier alpha value is -0.810. The van der Waals surface area contributed by atoms with Crippen molar-refractivity contribution in [3.63, 3.8) is 0 Å². The van der Waals surface area contributed by atoms with Crippen LogP contribution in [-0.2, 0) is 0 Å². The van der Waals surface area contributed by atoms with E-state index >= 15 is 0 Å². The van der Waals surface area contributed by atoms with Crippen LogP contribution < -0.4 is 11.6 Å². The van der Waals surface area contributed by atoms with Crippen LogP contribution in [0.3, 0.4) is 0 Å². The largest absolute Gasteiger partial charge is 0.464 e. The van der Waals surface area contributed by atoms with E-state index in [2.05, 4.69) is 0 Å². The number of carboxylic acid groups (broad SMARTS) is 1. The second-order valence-electron chi connectivity index (χ2n) is 0.935. The van der Waals surface area contributed by atoms with E-state index in [0.29, 0.717) is 5.01 Å². The van der Waals surface area contributed by atoms with E-state index in [-0.39, 0.29) is 6.67 Å². The number of hydrogen-bond donors (Lipinski definition) is 3. The molecule has 0 aromatic rings. The van der Waals surface area contributed by atoms with Gasteiger partial charge in [0.05, 0.1) is 6.67 Å². The quantitative estimate of drug-likeness (QED) is 0.168. The Morgan fingerprint density at radius 1 is 1.86 bits per heavy atom. The summed E-state index contributed by atoms with van der Waals surface area (Å²) in [6.07, 6.45) is -1.22. The van der Waals surface area contributed by atoms with Gasteiger partial charge in [0.2, 0.25) is 0 Å². The van der Waals surface area contributed by atoms with Crippen molar-refractivity contribution in [1.29, 1.82) is 0 Å². The van der Waals surface area contributed by atoms with E-state index in [0.717, 1.165) is 0 Å². The molecule has 42 valence electrons. The minimum absolute atomic E-state index is 0.171. The Labute approximate surface area is 40.5 Å². The summed E-state index contributed by atoms with van der Waals surface area (Å²) in [6.45, 7) is -0.171.